The predicted octanol–water partition coefficient (Wildman–Crippen LogP) is -0.639. The summed E-state index contributed by atoms with van der Waals surface area (Å²) in [7, 11) is 1.65. The highest BCUT2D eigenvalue weighted by atomic mass is 16.5. The van der Waals surface area contributed by atoms with Crippen molar-refractivity contribution in [3.8, 4) is 0 Å². The maximum atomic E-state index is 12.0. The fourth-order valence-corrected chi connectivity index (χ4v) is 2.13. The predicted molar refractivity (Wildman–Crippen MR) is 75.6 cm³/mol. The van der Waals surface area contributed by atoms with Crippen LogP contribution in [0.4, 0.5) is 5.82 Å². The Morgan fingerprint density at radius 2 is 2.20 bits per heavy atom. The van der Waals surface area contributed by atoms with Crippen LogP contribution in [0, 0.1) is 0 Å². The number of nitrogens with one attached hydrogen (secondary N) is 1. The van der Waals surface area contributed by atoms with Crippen molar-refractivity contribution in [2.24, 2.45) is 0 Å². The Morgan fingerprint density at radius 3 is 2.85 bits per heavy atom. The minimum Gasteiger partial charge on any atom is -0.383 e. The summed E-state index contributed by atoms with van der Waals surface area (Å²) in [5.74, 6) is 1.01. The van der Waals surface area contributed by atoms with Gasteiger partial charge in [-0.3, -0.25) is 4.79 Å². The molecule has 7 nitrogen and oxygen atoms in total. The number of aromatic nitrogens is 2. The molecule has 0 saturated carbocycles. The number of hydrogen-bond acceptors (Lipinski definition) is 6. The van der Waals surface area contributed by atoms with Gasteiger partial charge in [-0.05, 0) is 12.1 Å². The Kier molecular flexibility index (Phi) is 5.69. The minimum absolute atomic E-state index is 0.139. The Hall–Kier alpha value is -1.73. The van der Waals surface area contributed by atoms with E-state index in [-0.39, 0.29) is 5.91 Å². The molecule has 1 aliphatic rings. The lowest BCUT2D eigenvalue weighted by Crippen LogP contribution is -2.51. The molecule has 0 radical (unpaired) electrons. The van der Waals surface area contributed by atoms with Gasteiger partial charge in [-0.2, -0.15) is 5.10 Å². The number of amides is 1. The molecule has 1 aliphatic heterocycles. The molecule has 7 heteroatoms. The van der Waals surface area contributed by atoms with Gasteiger partial charge in [0.2, 0.25) is 5.91 Å². The van der Waals surface area contributed by atoms with E-state index >= 15 is 0 Å². The molecular formula is C13H21N5O2. The van der Waals surface area contributed by atoms with Crippen molar-refractivity contribution < 1.29 is 9.53 Å². The monoisotopic (exact) mass is 279 g/mol. The van der Waals surface area contributed by atoms with Gasteiger partial charge in [0, 0.05) is 46.0 Å². The number of anilines is 1. The third-order valence-corrected chi connectivity index (χ3v) is 3.27. The van der Waals surface area contributed by atoms with Crippen LogP contribution in [0.5, 0.6) is 0 Å². The number of carbonyl (C=O) groups excluding carboxylic acids is 1. The summed E-state index contributed by atoms with van der Waals surface area (Å²) in [6, 6.07) is 3.82. The van der Waals surface area contributed by atoms with Gasteiger partial charge in [-0.15, -0.1) is 5.10 Å². The molecule has 20 heavy (non-hydrogen) atoms. The molecule has 0 bridgehead atoms. The zero-order valence-corrected chi connectivity index (χ0v) is 11.8. The van der Waals surface area contributed by atoms with E-state index in [1.807, 2.05) is 17.0 Å². The normalized spacial score (nSPS) is 15.4. The molecule has 0 aromatic carbocycles. The van der Waals surface area contributed by atoms with E-state index in [9.17, 15) is 4.79 Å². The number of hydrogen-bond donors (Lipinski definition) is 1. The highest BCUT2D eigenvalue weighted by Crippen LogP contribution is 2.11. The standard InChI is InChI=1S/C13H21N5O2/c1-20-10-5-14-11-13(19)18-8-6-17(7-9-18)12-3-2-4-15-16-12/h2-4,14H,5-11H2,1H3. The van der Waals surface area contributed by atoms with Crippen LogP contribution in [0.3, 0.4) is 0 Å². The molecule has 1 aromatic heterocycles. The van der Waals surface area contributed by atoms with Gasteiger partial charge in [0.1, 0.15) is 0 Å². The molecule has 1 fully saturated rings. The maximum Gasteiger partial charge on any atom is 0.236 e. The molecule has 0 aliphatic carbocycles. The van der Waals surface area contributed by atoms with Crippen LogP contribution >= 0.6 is 0 Å². The fourth-order valence-electron chi connectivity index (χ4n) is 2.13. The van der Waals surface area contributed by atoms with Crippen molar-refractivity contribution in [1.29, 1.82) is 0 Å². The first-order valence-corrected chi connectivity index (χ1v) is 6.81. The van der Waals surface area contributed by atoms with Crippen molar-refractivity contribution >= 4 is 11.7 Å². The smallest absolute Gasteiger partial charge is 0.236 e. The van der Waals surface area contributed by atoms with Crippen molar-refractivity contribution in [1.82, 2.24) is 20.4 Å². The molecule has 0 atom stereocenters. The van der Waals surface area contributed by atoms with Gasteiger partial charge >= 0.3 is 0 Å². The summed E-state index contributed by atoms with van der Waals surface area (Å²) in [5, 5.41) is 11.0. The maximum absolute atomic E-state index is 12.0. The summed E-state index contributed by atoms with van der Waals surface area (Å²) in [6.07, 6.45) is 1.66. The first kappa shape index (κ1) is 14.7. The Bertz CT molecular complexity index is 406. The van der Waals surface area contributed by atoms with Gasteiger partial charge in [0.25, 0.3) is 0 Å². The largest absolute Gasteiger partial charge is 0.383 e. The topological polar surface area (TPSA) is 70.6 Å². The van der Waals surface area contributed by atoms with E-state index in [4.69, 9.17) is 4.74 Å². The minimum atomic E-state index is 0.139. The van der Waals surface area contributed by atoms with E-state index in [1.165, 1.54) is 0 Å². The summed E-state index contributed by atoms with van der Waals surface area (Å²) < 4.78 is 4.93. The average Bonchev–Trinajstić information content (AvgIpc) is 2.52. The second-order valence-electron chi connectivity index (χ2n) is 4.62. The van der Waals surface area contributed by atoms with E-state index in [0.29, 0.717) is 19.7 Å². The number of rotatable bonds is 6. The van der Waals surface area contributed by atoms with Crippen LogP contribution in [0.25, 0.3) is 0 Å². The second-order valence-corrected chi connectivity index (χ2v) is 4.62. The fraction of sp³-hybridized carbons (Fsp3) is 0.615. The summed E-state index contributed by atoms with van der Waals surface area (Å²) in [6.45, 7) is 4.72. The Balaban J connectivity index is 1.72. The number of ether oxygens (including phenoxy) is 1. The summed E-state index contributed by atoms with van der Waals surface area (Å²) >= 11 is 0. The third kappa shape index (κ3) is 4.14. The van der Waals surface area contributed by atoms with Crippen LogP contribution in [0.1, 0.15) is 0 Å². The third-order valence-electron chi connectivity index (χ3n) is 3.27. The number of carbonyl (C=O) groups is 1. The van der Waals surface area contributed by atoms with Gasteiger partial charge in [0.05, 0.1) is 13.2 Å². The highest BCUT2D eigenvalue weighted by molar-refractivity contribution is 5.78. The Labute approximate surface area is 118 Å². The van der Waals surface area contributed by atoms with Gasteiger partial charge in [-0.1, -0.05) is 0 Å². The van der Waals surface area contributed by atoms with E-state index in [1.54, 1.807) is 13.3 Å². The summed E-state index contributed by atoms with van der Waals surface area (Å²) in [4.78, 5) is 16.0. The van der Waals surface area contributed by atoms with Gasteiger partial charge < -0.3 is 19.9 Å². The summed E-state index contributed by atoms with van der Waals surface area (Å²) in [5.41, 5.74) is 0. The molecule has 1 amide bonds. The first-order valence-electron chi connectivity index (χ1n) is 6.81. The van der Waals surface area contributed by atoms with E-state index in [0.717, 1.165) is 32.0 Å². The lowest BCUT2D eigenvalue weighted by atomic mass is 10.3. The zero-order valence-electron chi connectivity index (χ0n) is 11.8. The number of piperazine rings is 1. The molecule has 1 aromatic rings. The van der Waals surface area contributed by atoms with Gasteiger partial charge in [0.15, 0.2) is 5.82 Å². The van der Waals surface area contributed by atoms with E-state index in [2.05, 4.69) is 20.4 Å². The molecule has 2 rings (SSSR count). The van der Waals surface area contributed by atoms with Crippen LogP contribution in [0.15, 0.2) is 18.3 Å². The molecule has 1 saturated heterocycles. The average molecular weight is 279 g/mol. The number of nitrogens with zero attached hydrogens (tertiary/aromatic N) is 4. The van der Waals surface area contributed by atoms with E-state index < -0.39 is 0 Å². The molecule has 110 valence electrons. The first-order chi connectivity index (χ1) is 9.81. The number of methoxy groups -OCH3 is 1. The van der Waals surface area contributed by atoms with Crippen LogP contribution in [0.2, 0.25) is 0 Å². The second kappa shape index (κ2) is 7.76. The molecule has 0 spiro atoms. The molecular weight excluding hydrogens is 258 g/mol. The van der Waals surface area contributed by atoms with Crippen LogP contribution in [-0.4, -0.2) is 74.0 Å². The van der Waals surface area contributed by atoms with Crippen molar-refractivity contribution in [3.63, 3.8) is 0 Å². The Morgan fingerprint density at radius 1 is 1.40 bits per heavy atom. The molecule has 2 heterocycles. The lowest BCUT2D eigenvalue weighted by Gasteiger charge is -2.35. The molecule has 0 unspecified atom stereocenters. The van der Waals surface area contributed by atoms with Crippen LogP contribution < -0.4 is 10.2 Å². The van der Waals surface area contributed by atoms with Crippen molar-refractivity contribution in [3.05, 3.63) is 18.3 Å². The van der Waals surface area contributed by atoms with Crippen molar-refractivity contribution in [2.75, 3.05) is 57.9 Å². The van der Waals surface area contributed by atoms with Crippen molar-refractivity contribution in [2.45, 2.75) is 0 Å². The zero-order chi connectivity index (χ0) is 14.2. The SMILES string of the molecule is COCCNCC(=O)N1CCN(c2cccnn2)CC1. The molecule has 1 N–H and O–H groups in total. The lowest BCUT2D eigenvalue weighted by molar-refractivity contribution is -0.130. The quantitative estimate of drug-likeness (QED) is 0.699. The van der Waals surface area contributed by atoms with Gasteiger partial charge in [-0.25, -0.2) is 0 Å². The van der Waals surface area contributed by atoms with Crippen LogP contribution in [-0.2, 0) is 9.53 Å². The highest BCUT2D eigenvalue weighted by Gasteiger charge is 2.21.